The molecule has 136 valence electrons. The number of aromatic nitrogens is 2. The quantitative estimate of drug-likeness (QED) is 0.715. The Kier molecular flexibility index (Phi) is 5.32. The Morgan fingerprint density at radius 2 is 2.24 bits per heavy atom. The fourth-order valence-electron chi connectivity index (χ4n) is 3.32. The van der Waals surface area contributed by atoms with E-state index >= 15 is 0 Å². The van der Waals surface area contributed by atoms with Crippen molar-refractivity contribution in [2.45, 2.75) is 18.9 Å². The Labute approximate surface area is 146 Å². The van der Waals surface area contributed by atoms with Crippen LogP contribution in [0.15, 0.2) is 12.3 Å². The number of nitrogens with zero attached hydrogens (tertiary/aromatic N) is 4. The molecule has 0 aromatic carbocycles. The maximum Gasteiger partial charge on any atom is 0.271 e. The minimum absolute atomic E-state index is 0.0120. The van der Waals surface area contributed by atoms with Crippen LogP contribution in [-0.2, 0) is 9.59 Å². The minimum atomic E-state index is -0.204. The van der Waals surface area contributed by atoms with Crippen molar-refractivity contribution >= 4 is 17.7 Å². The Morgan fingerprint density at radius 1 is 1.40 bits per heavy atom. The van der Waals surface area contributed by atoms with E-state index in [4.69, 9.17) is 0 Å². The van der Waals surface area contributed by atoms with Gasteiger partial charge in [-0.2, -0.15) is 5.10 Å². The Morgan fingerprint density at radius 3 is 3.00 bits per heavy atom. The lowest BCUT2D eigenvalue weighted by Crippen LogP contribution is -2.53. The molecule has 0 aliphatic carbocycles. The van der Waals surface area contributed by atoms with E-state index in [1.54, 1.807) is 18.0 Å². The van der Waals surface area contributed by atoms with E-state index < -0.39 is 0 Å². The highest BCUT2D eigenvalue weighted by molar-refractivity contribution is 5.91. The van der Waals surface area contributed by atoms with Gasteiger partial charge in [-0.05, 0) is 25.5 Å². The molecule has 3 amide bonds. The van der Waals surface area contributed by atoms with Crippen molar-refractivity contribution < 1.29 is 14.4 Å². The van der Waals surface area contributed by atoms with Crippen molar-refractivity contribution in [2.75, 3.05) is 46.3 Å². The fourth-order valence-corrected chi connectivity index (χ4v) is 3.32. The van der Waals surface area contributed by atoms with E-state index in [0.717, 1.165) is 19.4 Å². The second-order valence-corrected chi connectivity index (χ2v) is 6.46. The van der Waals surface area contributed by atoms with Gasteiger partial charge in [-0.3, -0.25) is 24.0 Å². The molecular weight excluding hydrogens is 324 g/mol. The van der Waals surface area contributed by atoms with E-state index in [1.807, 2.05) is 10.9 Å². The van der Waals surface area contributed by atoms with Crippen LogP contribution in [0.3, 0.4) is 0 Å². The highest BCUT2D eigenvalue weighted by atomic mass is 16.2. The van der Waals surface area contributed by atoms with Crippen molar-refractivity contribution in [1.82, 2.24) is 30.2 Å². The van der Waals surface area contributed by atoms with Gasteiger partial charge in [0.05, 0.1) is 19.1 Å². The molecule has 3 rings (SSSR count). The average Bonchev–Trinajstić information content (AvgIpc) is 3.11. The molecule has 25 heavy (non-hydrogen) atoms. The molecule has 9 nitrogen and oxygen atoms in total. The molecule has 1 aromatic heterocycles. The summed E-state index contributed by atoms with van der Waals surface area (Å²) in [6, 6.07) is 1.85. The van der Waals surface area contributed by atoms with Crippen LogP contribution < -0.4 is 10.6 Å². The number of carbonyl (C=O) groups excluding carboxylic acids is 3. The van der Waals surface area contributed by atoms with E-state index in [0.29, 0.717) is 31.9 Å². The van der Waals surface area contributed by atoms with Crippen LogP contribution in [0, 0.1) is 0 Å². The van der Waals surface area contributed by atoms with Crippen molar-refractivity contribution in [2.24, 2.45) is 0 Å². The van der Waals surface area contributed by atoms with Crippen LogP contribution in [0.4, 0.5) is 0 Å². The number of piperazine rings is 1. The molecule has 2 aliphatic heterocycles. The standard InChI is InChI=1S/C16H24N6O3/c1-17-16(25)13-4-7-22(19-13)12-3-2-6-20(9-12)11-15(24)21-8-5-18-14(23)10-21/h4,7,12H,2-3,5-6,8-11H2,1H3,(H,17,25)(H,18,23). The van der Waals surface area contributed by atoms with Crippen LogP contribution in [0.2, 0.25) is 0 Å². The van der Waals surface area contributed by atoms with Crippen molar-refractivity contribution in [3.63, 3.8) is 0 Å². The van der Waals surface area contributed by atoms with E-state index in [2.05, 4.69) is 20.6 Å². The molecule has 0 spiro atoms. The van der Waals surface area contributed by atoms with Gasteiger partial charge < -0.3 is 15.5 Å². The third-order valence-electron chi connectivity index (χ3n) is 4.67. The van der Waals surface area contributed by atoms with Gasteiger partial charge in [0, 0.05) is 32.9 Å². The Balaban J connectivity index is 1.57. The fraction of sp³-hybridized carbons (Fsp3) is 0.625. The van der Waals surface area contributed by atoms with Crippen molar-refractivity contribution in [3.8, 4) is 0 Å². The largest absolute Gasteiger partial charge is 0.354 e. The van der Waals surface area contributed by atoms with Gasteiger partial charge in [0.25, 0.3) is 5.91 Å². The highest BCUT2D eigenvalue weighted by Crippen LogP contribution is 2.21. The van der Waals surface area contributed by atoms with Gasteiger partial charge in [-0.1, -0.05) is 0 Å². The number of carbonyl (C=O) groups is 3. The maximum atomic E-state index is 12.4. The molecule has 0 bridgehead atoms. The summed E-state index contributed by atoms with van der Waals surface area (Å²) in [5.74, 6) is -0.318. The van der Waals surface area contributed by atoms with Crippen molar-refractivity contribution in [3.05, 3.63) is 18.0 Å². The summed E-state index contributed by atoms with van der Waals surface area (Å²) < 4.78 is 1.82. The molecule has 2 fully saturated rings. The predicted octanol–water partition coefficient (Wildman–Crippen LogP) is -1.16. The molecule has 3 heterocycles. The first-order valence-corrected chi connectivity index (χ1v) is 8.61. The maximum absolute atomic E-state index is 12.4. The minimum Gasteiger partial charge on any atom is -0.354 e. The van der Waals surface area contributed by atoms with Crippen molar-refractivity contribution in [1.29, 1.82) is 0 Å². The number of hydrogen-bond donors (Lipinski definition) is 2. The number of likely N-dealkylation sites (tertiary alicyclic amines) is 1. The van der Waals surface area contributed by atoms with Gasteiger partial charge in [0.2, 0.25) is 11.8 Å². The normalized spacial score (nSPS) is 21.7. The number of piperidine rings is 1. The third kappa shape index (κ3) is 4.16. The van der Waals surface area contributed by atoms with Crippen LogP contribution >= 0.6 is 0 Å². The molecule has 1 aromatic rings. The first-order valence-electron chi connectivity index (χ1n) is 8.61. The molecule has 0 saturated carbocycles. The second-order valence-electron chi connectivity index (χ2n) is 6.46. The first-order chi connectivity index (χ1) is 12.1. The van der Waals surface area contributed by atoms with E-state index in [-0.39, 0.29) is 30.3 Å². The summed E-state index contributed by atoms with van der Waals surface area (Å²) in [5, 5.41) is 9.64. The highest BCUT2D eigenvalue weighted by Gasteiger charge is 2.27. The van der Waals surface area contributed by atoms with Gasteiger partial charge in [0.15, 0.2) is 0 Å². The third-order valence-corrected chi connectivity index (χ3v) is 4.67. The monoisotopic (exact) mass is 348 g/mol. The smallest absolute Gasteiger partial charge is 0.271 e. The summed E-state index contributed by atoms with van der Waals surface area (Å²) >= 11 is 0. The molecule has 2 aliphatic rings. The summed E-state index contributed by atoms with van der Waals surface area (Å²) in [4.78, 5) is 39.2. The molecule has 2 saturated heterocycles. The number of hydrogen-bond acceptors (Lipinski definition) is 5. The molecule has 1 unspecified atom stereocenters. The van der Waals surface area contributed by atoms with Gasteiger partial charge in [-0.15, -0.1) is 0 Å². The zero-order valence-corrected chi connectivity index (χ0v) is 14.4. The zero-order chi connectivity index (χ0) is 17.8. The Bertz CT molecular complexity index is 658. The van der Waals surface area contributed by atoms with Gasteiger partial charge in [-0.25, -0.2) is 0 Å². The predicted molar refractivity (Wildman–Crippen MR) is 89.9 cm³/mol. The van der Waals surface area contributed by atoms with E-state index in [9.17, 15) is 14.4 Å². The summed E-state index contributed by atoms with van der Waals surface area (Å²) in [5.41, 5.74) is 0.398. The molecule has 0 radical (unpaired) electrons. The second kappa shape index (κ2) is 7.64. The summed E-state index contributed by atoms with van der Waals surface area (Å²) in [6.45, 7) is 3.10. The SMILES string of the molecule is CNC(=O)c1ccn(C2CCCN(CC(=O)N3CCNC(=O)C3)C2)n1. The number of nitrogens with one attached hydrogen (secondary N) is 2. The number of rotatable bonds is 4. The summed E-state index contributed by atoms with van der Waals surface area (Å²) in [7, 11) is 1.58. The summed E-state index contributed by atoms with van der Waals surface area (Å²) in [6.07, 6.45) is 3.74. The molecule has 1 atom stereocenters. The molecule has 9 heteroatoms. The van der Waals surface area contributed by atoms with Crippen LogP contribution in [0.25, 0.3) is 0 Å². The van der Waals surface area contributed by atoms with Crippen LogP contribution in [0.1, 0.15) is 29.4 Å². The topological polar surface area (TPSA) is 99.6 Å². The number of amides is 3. The lowest BCUT2D eigenvalue weighted by molar-refractivity contribution is -0.139. The average molecular weight is 348 g/mol. The zero-order valence-electron chi connectivity index (χ0n) is 14.4. The van der Waals surface area contributed by atoms with E-state index in [1.165, 1.54) is 0 Å². The molecular formula is C16H24N6O3. The Hall–Kier alpha value is -2.42. The van der Waals surface area contributed by atoms with Gasteiger partial charge in [0.1, 0.15) is 5.69 Å². The van der Waals surface area contributed by atoms with Crippen LogP contribution in [-0.4, -0.2) is 83.6 Å². The van der Waals surface area contributed by atoms with Gasteiger partial charge >= 0.3 is 0 Å². The lowest BCUT2D eigenvalue weighted by atomic mass is 10.1. The first kappa shape index (κ1) is 17.4. The van der Waals surface area contributed by atoms with Crippen LogP contribution in [0.5, 0.6) is 0 Å². The lowest BCUT2D eigenvalue weighted by Gasteiger charge is -2.34. The molecule has 2 N–H and O–H groups in total.